The van der Waals surface area contributed by atoms with Gasteiger partial charge in [-0.05, 0) is 43.0 Å². The highest BCUT2D eigenvalue weighted by Crippen LogP contribution is 2.38. The Balaban J connectivity index is 2.15. The Morgan fingerprint density at radius 3 is 2.22 bits per heavy atom. The standard InChI is InChI=1S/C20H17F5O2/c1-10(2)4-5-11(3)12-6-7-13-14-8-9-15(27-20(23,24)25)17(22)19(14)26-18(13)16(12)21/h5-10H,4H2,1-3H3/b11-5+. The molecule has 3 aromatic rings. The first kappa shape index (κ1) is 19.2. The van der Waals surface area contributed by atoms with Crippen molar-refractivity contribution in [1.29, 1.82) is 0 Å². The summed E-state index contributed by atoms with van der Waals surface area (Å²) in [5, 5.41) is 0.451. The zero-order valence-corrected chi connectivity index (χ0v) is 14.9. The van der Waals surface area contributed by atoms with Gasteiger partial charge in [0.25, 0.3) is 0 Å². The molecule has 0 bridgehead atoms. The fraction of sp³-hybridized carbons (Fsp3) is 0.300. The first-order valence-corrected chi connectivity index (χ1v) is 8.34. The van der Waals surface area contributed by atoms with Crippen molar-refractivity contribution in [3.05, 3.63) is 47.5 Å². The van der Waals surface area contributed by atoms with E-state index in [1.807, 2.05) is 19.9 Å². The van der Waals surface area contributed by atoms with Gasteiger partial charge in [0.1, 0.15) is 0 Å². The predicted octanol–water partition coefficient (Wildman–Crippen LogP) is 7.21. The van der Waals surface area contributed by atoms with E-state index in [0.717, 1.165) is 12.5 Å². The minimum absolute atomic E-state index is 0.172. The second-order valence-electron chi connectivity index (χ2n) is 6.72. The molecule has 0 atom stereocenters. The highest BCUT2D eigenvalue weighted by atomic mass is 19.4. The van der Waals surface area contributed by atoms with Gasteiger partial charge in [-0.1, -0.05) is 26.0 Å². The van der Waals surface area contributed by atoms with E-state index < -0.39 is 29.3 Å². The van der Waals surface area contributed by atoms with E-state index in [9.17, 15) is 22.0 Å². The van der Waals surface area contributed by atoms with Gasteiger partial charge in [-0.3, -0.25) is 0 Å². The molecular weight excluding hydrogens is 367 g/mol. The first-order valence-electron chi connectivity index (χ1n) is 8.34. The molecule has 0 N–H and O–H groups in total. The summed E-state index contributed by atoms with van der Waals surface area (Å²) in [5.74, 6) is -2.63. The Morgan fingerprint density at radius 2 is 1.63 bits per heavy atom. The number of allylic oxidation sites excluding steroid dienone is 2. The third kappa shape index (κ3) is 3.77. The van der Waals surface area contributed by atoms with Crippen LogP contribution in [0.2, 0.25) is 0 Å². The maximum absolute atomic E-state index is 14.9. The maximum Gasteiger partial charge on any atom is 0.573 e. The largest absolute Gasteiger partial charge is 0.573 e. The lowest BCUT2D eigenvalue weighted by atomic mass is 10.0. The number of fused-ring (bicyclic) bond motifs is 3. The van der Waals surface area contributed by atoms with Gasteiger partial charge in [0.05, 0.1) is 0 Å². The SMILES string of the molecule is C/C(=C\CC(C)C)c1ccc2c(oc3c(F)c(OC(F)(F)F)ccc32)c1F. The summed E-state index contributed by atoms with van der Waals surface area (Å²) >= 11 is 0. The fourth-order valence-electron chi connectivity index (χ4n) is 2.85. The molecular formula is C20H17F5O2. The second-order valence-corrected chi connectivity index (χ2v) is 6.72. The van der Waals surface area contributed by atoms with Gasteiger partial charge in [0.15, 0.2) is 22.7 Å². The smallest absolute Gasteiger partial charge is 0.450 e. The number of hydrogen-bond donors (Lipinski definition) is 0. The van der Waals surface area contributed by atoms with Crippen LogP contribution < -0.4 is 4.74 Å². The van der Waals surface area contributed by atoms with Crippen molar-refractivity contribution in [3.8, 4) is 5.75 Å². The summed E-state index contributed by atoms with van der Waals surface area (Å²) in [6.07, 6.45) is -2.39. The van der Waals surface area contributed by atoms with Gasteiger partial charge in [-0.2, -0.15) is 4.39 Å². The topological polar surface area (TPSA) is 22.4 Å². The van der Waals surface area contributed by atoms with E-state index in [1.54, 1.807) is 19.1 Å². The second kappa shape index (κ2) is 6.87. The summed E-state index contributed by atoms with van der Waals surface area (Å²) in [7, 11) is 0. The van der Waals surface area contributed by atoms with Crippen LogP contribution in [0.25, 0.3) is 27.5 Å². The van der Waals surface area contributed by atoms with Crippen LogP contribution in [0.1, 0.15) is 32.8 Å². The number of halogens is 5. The van der Waals surface area contributed by atoms with Crippen LogP contribution in [-0.2, 0) is 0 Å². The molecule has 0 aliphatic carbocycles. The van der Waals surface area contributed by atoms with Gasteiger partial charge in [-0.25, -0.2) is 4.39 Å². The van der Waals surface area contributed by atoms with Crippen LogP contribution in [0.5, 0.6) is 5.75 Å². The lowest BCUT2D eigenvalue weighted by Crippen LogP contribution is -2.17. The minimum atomic E-state index is -5.04. The average Bonchev–Trinajstić information content (AvgIpc) is 2.95. The van der Waals surface area contributed by atoms with E-state index >= 15 is 0 Å². The molecule has 2 nitrogen and oxygen atoms in total. The third-order valence-corrected chi connectivity index (χ3v) is 4.20. The molecule has 0 amide bonds. The summed E-state index contributed by atoms with van der Waals surface area (Å²) < 4.78 is 75.3. The van der Waals surface area contributed by atoms with E-state index in [2.05, 4.69) is 4.74 Å². The number of rotatable bonds is 4. The van der Waals surface area contributed by atoms with Crippen LogP contribution >= 0.6 is 0 Å². The Labute approximate surface area is 152 Å². The van der Waals surface area contributed by atoms with Gasteiger partial charge < -0.3 is 9.15 Å². The van der Waals surface area contributed by atoms with Crippen molar-refractivity contribution in [1.82, 2.24) is 0 Å². The summed E-state index contributed by atoms with van der Waals surface area (Å²) in [6, 6.07) is 5.18. The van der Waals surface area contributed by atoms with Crippen LogP contribution in [0.4, 0.5) is 22.0 Å². The average molecular weight is 384 g/mol. The summed E-state index contributed by atoms with van der Waals surface area (Å²) in [6.45, 7) is 5.82. The van der Waals surface area contributed by atoms with Crippen molar-refractivity contribution in [2.45, 2.75) is 33.6 Å². The molecule has 1 heterocycles. The van der Waals surface area contributed by atoms with Crippen molar-refractivity contribution in [2.75, 3.05) is 0 Å². The summed E-state index contributed by atoms with van der Waals surface area (Å²) in [5.41, 5.74) is 0.314. The van der Waals surface area contributed by atoms with Gasteiger partial charge in [0.2, 0.25) is 5.82 Å². The van der Waals surface area contributed by atoms with E-state index in [1.165, 1.54) is 6.07 Å². The van der Waals surface area contributed by atoms with Crippen LogP contribution in [-0.4, -0.2) is 6.36 Å². The van der Waals surface area contributed by atoms with Crippen LogP contribution in [0, 0.1) is 17.6 Å². The normalized spacial score (nSPS) is 13.1. The van der Waals surface area contributed by atoms with Gasteiger partial charge in [0, 0.05) is 16.3 Å². The molecule has 0 saturated carbocycles. The van der Waals surface area contributed by atoms with Crippen molar-refractivity contribution >= 4 is 27.5 Å². The van der Waals surface area contributed by atoms with Crippen LogP contribution in [0.15, 0.2) is 34.8 Å². The van der Waals surface area contributed by atoms with Crippen LogP contribution in [0.3, 0.4) is 0 Å². The lowest BCUT2D eigenvalue weighted by molar-refractivity contribution is -0.275. The van der Waals surface area contributed by atoms with Crippen molar-refractivity contribution in [2.24, 2.45) is 5.92 Å². The Hall–Kier alpha value is -2.57. The molecule has 1 aromatic heterocycles. The predicted molar refractivity (Wildman–Crippen MR) is 93.4 cm³/mol. The Morgan fingerprint density at radius 1 is 1.04 bits per heavy atom. The molecule has 3 rings (SSSR count). The van der Waals surface area contributed by atoms with E-state index in [4.69, 9.17) is 4.42 Å². The number of benzene rings is 2. The Kier molecular flexibility index (Phi) is 4.88. The molecule has 0 aliphatic heterocycles. The van der Waals surface area contributed by atoms with Crippen molar-refractivity contribution < 1.29 is 31.1 Å². The molecule has 0 saturated heterocycles. The highest BCUT2D eigenvalue weighted by Gasteiger charge is 2.33. The zero-order valence-electron chi connectivity index (χ0n) is 14.9. The van der Waals surface area contributed by atoms with E-state index in [0.29, 0.717) is 17.1 Å². The molecule has 144 valence electrons. The number of hydrogen-bond acceptors (Lipinski definition) is 2. The molecule has 2 aromatic carbocycles. The van der Waals surface area contributed by atoms with Gasteiger partial charge >= 0.3 is 6.36 Å². The third-order valence-electron chi connectivity index (χ3n) is 4.20. The molecule has 27 heavy (non-hydrogen) atoms. The van der Waals surface area contributed by atoms with Gasteiger partial charge in [-0.15, -0.1) is 13.2 Å². The minimum Gasteiger partial charge on any atom is -0.450 e. The molecule has 0 unspecified atom stereocenters. The summed E-state index contributed by atoms with van der Waals surface area (Å²) in [4.78, 5) is 0. The number of alkyl halides is 3. The molecule has 7 heteroatoms. The maximum atomic E-state index is 14.9. The molecule has 0 radical (unpaired) electrons. The molecule has 0 fully saturated rings. The molecule has 0 spiro atoms. The zero-order chi connectivity index (χ0) is 19.9. The van der Waals surface area contributed by atoms with E-state index in [-0.39, 0.29) is 16.4 Å². The first-order chi connectivity index (χ1) is 12.6. The number of ether oxygens (including phenoxy) is 1. The lowest BCUT2D eigenvalue weighted by Gasteiger charge is -2.09. The molecule has 0 aliphatic rings. The Bertz CT molecular complexity index is 1030. The quantitative estimate of drug-likeness (QED) is 0.443. The fourth-order valence-corrected chi connectivity index (χ4v) is 2.85. The number of furan rings is 1. The monoisotopic (exact) mass is 384 g/mol. The van der Waals surface area contributed by atoms with Crippen molar-refractivity contribution in [3.63, 3.8) is 0 Å². The highest BCUT2D eigenvalue weighted by molar-refractivity contribution is 6.06.